The molecule has 0 spiro atoms. The number of hydrogen-bond donors (Lipinski definition) is 1. The number of aromatic nitrogens is 2. The monoisotopic (exact) mass is 358 g/mol. The molecule has 3 rings (SSSR count). The second kappa shape index (κ2) is 7.65. The number of nitrogens with zero attached hydrogens (tertiary/aromatic N) is 3. The minimum Gasteiger partial charge on any atom is -0.348 e. The van der Waals surface area contributed by atoms with Crippen LogP contribution in [0.3, 0.4) is 0 Å². The lowest BCUT2D eigenvalue weighted by atomic mass is 10.1. The minimum atomic E-state index is -0.111. The van der Waals surface area contributed by atoms with E-state index in [0.29, 0.717) is 18.8 Å². The first-order valence-corrected chi connectivity index (χ1v) is 9.28. The molecule has 2 aromatic heterocycles. The van der Waals surface area contributed by atoms with Gasteiger partial charge in [0.2, 0.25) is 5.91 Å². The summed E-state index contributed by atoms with van der Waals surface area (Å²) in [6, 6.07) is 3.92. The predicted octanol–water partition coefficient (Wildman–Crippen LogP) is 2.18. The summed E-state index contributed by atoms with van der Waals surface area (Å²) in [6.07, 6.45) is 6.60. The van der Waals surface area contributed by atoms with E-state index in [1.165, 1.54) is 0 Å². The second-order valence-electron chi connectivity index (χ2n) is 6.08. The van der Waals surface area contributed by atoms with E-state index in [-0.39, 0.29) is 17.9 Å². The fourth-order valence-electron chi connectivity index (χ4n) is 2.85. The van der Waals surface area contributed by atoms with Crippen molar-refractivity contribution in [1.82, 2.24) is 19.8 Å². The molecule has 1 aliphatic heterocycles. The summed E-state index contributed by atoms with van der Waals surface area (Å²) < 4.78 is 1.94. The lowest BCUT2D eigenvalue weighted by Gasteiger charge is -2.26. The van der Waals surface area contributed by atoms with Crippen LogP contribution in [-0.4, -0.2) is 45.9 Å². The van der Waals surface area contributed by atoms with Gasteiger partial charge >= 0.3 is 0 Å². The van der Waals surface area contributed by atoms with Crippen molar-refractivity contribution in [3.8, 4) is 0 Å². The standard InChI is InChI=1S/C18H22N4O2S/c1-3-21(2)18(24)15-11-19-16-8-6-13(12-22(15)16)20-17(23)9-7-14-5-4-10-25-14/h4-5,7,9-11,13H,3,6,8,12H2,1-2H3,(H,20,23)/b9-7+. The molecule has 0 fully saturated rings. The molecule has 1 N–H and O–H groups in total. The summed E-state index contributed by atoms with van der Waals surface area (Å²) >= 11 is 1.59. The van der Waals surface area contributed by atoms with Gasteiger partial charge in [0.15, 0.2) is 0 Å². The van der Waals surface area contributed by atoms with Gasteiger partial charge in [0.25, 0.3) is 5.91 Å². The second-order valence-corrected chi connectivity index (χ2v) is 7.06. The number of carbonyl (C=O) groups is 2. The predicted molar refractivity (Wildman–Crippen MR) is 98.5 cm³/mol. The number of fused-ring (bicyclic) bond motifs is 1. The topological polar surface area (TPSA) is 67.2 Å². The number of hydrogen-bond acceptors (Lipinski definition) is 4. The molecule has 132 valence electrons. The van der Waals surface area contributed by atoms with Crippen LogP contribution >= 0.6 is 11.3 Å². The largest absolute Gasteiger partial charge is 0.348 e. The van der Waals surface area contributed by atoms with E-state index in [0.717, 1.165) is 23.5 Å². The molecule has 1 aliphatic rings. The number of rotatable bonds is 5. The van der Waals surface area contributed by atoms with Gasteiger partial charge in [-0.15, -0.1) is 11.3 Å². The number of imidazole rings is 1. The first kappa shape index (κ1) is 17.4. The maximum atomic E-state index is 12.4. The van der Waals surface area contributed by atoms with Gasteiger partial charge in [0, 0.05) is 43.6 Å². The van der Waals surface area contributed by atoms with Crippen LogP contribution < -0.4 is 5.32 Å². The van der Waals surface area contributed by atoms with Crippen molar-refractivity contribution in [3.05, 3.63) is 46.2 Å². The number of amides is 2. The first-order chi connectivity index (χ1) is 12.1. The van der Waals surface area contributed by atoms with Gasteiger partial charge in [-0.3, -0.25) is 9.59 Å². The average Bonchev–Trinajstić information content (AvgIpc) is 3.28. The van der Waals surface area contributed by atoms with Gasteiger partial charge in [0.1, 0.15) is 11.5 Å². The normalized spacial score (nSPS) is 16.6. The Hall–Kier alpha value is -2.41. The Balaban J connectivity index is 1.65. The van der Waals surface area contributed by atoms with Crippen molar-refractivity contribution < 1.29 is 9.59 Å². The van der Waals surface area contributed by atoms with Gasteiger partial charge in [-0.2, -0.15) is 0 Å². The molecular weight excluding hydrogens is 336 g/mol. The zero-order chi connectivity index (χ0) is 17.8. The summed E-state index contributed by atoms with van der Waals surface area (Å²) in [7, 11) is 1.78. The summed E-state index contributed by atoms with van der Waals surface area (Å²) in [5.41, 5.74) is 0.590. The van der Waals surface area contributed by atoms with Gasteiger partial charge < -0.3 is 14.8 Å². The molecule has 0 aromatic carbocycles. The summed E-state index contributed by atoms with van der Waals surface area (Å²) in [6.45, 7) is 3.16. The molecule has 1 atom stereocenters. The molecule has 1 unspecified atom stereocenters. The molecule has 7 heteroatoms. The molecule has 0 radical (unpaired) electrons. The number of nitrogens with one attached hydrogen (secondary N) is 1. The molecule has 0 saturated carbocycles. The maximum Gasteiger partial charge on any atom is 0.271 e. The maximum absolute atomic E-state index is 12.4. The molecule has 2 aromatic rings. The van der Waals surface area contributed by atoms with Crippen molar-refractivity contribution in [2.24, 2.45) is 0 Å². The molecule has 0 aliphatic carbocycles. The highest BCUT2D eigenvalue weighted by atomic mass is 32.1. The molecule has 3 heterocycles. The number of carbonyl (C=O) groups excluding carboxylic acids is 2. The molecule has 25 heavy (non-hydrogen) atoms. The van der Waals surface area contributed by atoms with E-state index in [2.05, 4.69) is 10.3 Å². The Bertz CT molecular complexity index is 779. The number of aryl methyl sites for hydroxylation is 1. The van der Waals surface area contributed by atoms with E-state index in [1.54, 1.807) is 35.6 Å². The third-order valence-corrected chi connectivity index (χ3v) is 5.22. The Morgan fingerprint density at radius 1 is 1.52 bits per heavy atom. The first-order valence-electron chi connectivity index (χ1n) is 8.40. The minimum absolute atomic E-state index is 0.000619. The Labute approximate surface area is 151 Å². The van der Waals surface area contributed by atoms with Crippen LogP contribution in [0.15, 0.2) is 29.8 Å². The van der Waals surface area contributed by atoms with Crippen LogP contribution in [0.25, 0.3) is 6.08 Å². The summed E-state index contributed by atoms with van der Waals surface area (Å²) in [5.74, 6) is 0.763. The third-order valence-electron chi connectivity index (χ3n) is 4.39. The zero-order valence-corrected chi connectivity index (χ0v) is 15.3. The van der Waals surface area contributed by atoms with Crippen LogP contribution in [0.1, 0.15) is 34.5 Å². The van der Waals surface area contributed by atoms with Crippen LogP contribution in [0.4, 0.5) is 0 Å². The van der Waals surface area contributed by atoms with Crippen molar-refractivity contribution in [2.45, 2.75) is 32.4 Å². The Morgan fingerprint density at radius 3 is 3.08 bits per heavy atom. The quantitative estimate of drug-likeness (QED) is 0.833. The highest BCUT2D eigenvalue weighted by Gasteiger charge is 2.26. The Kier molecular flexibility index (Phi) is 5.33. The van der Waals surface area contributed by atoms with Crippen molar-refractivity contribution in [1.29, 1.82) is 0 Å². The highest BCUT2D eigenvalue weighted by molar-refractivity contribution is 7.10. The van der Waals surface area contributed by atoms with Crippen molar-refractivity contribution >= 4 is 29.2 Å². The van der Waals surface area contributed by atoms with Crippen LogP contribution in [0.2, 0.25) is 0 Å². The fourth-order valence-corrected chi connectivity index (χ4v) is 3.47. The SMILES string of the molecule is CCN(C)C(=O)c1cnc2n1CC(NC(=O)/C=C/c1cccs1)CC2. The molecule has 0 saturated heterocycles. The van der Waals surface area contributed by atoms with E-state index in [4.69, 9.17) is 0 Å². The van der Waals surface area contributed by atoms with Crippen LogP contribution in [0, 0.1) is 0 Å². The van der Waals surface area contributed by atoms with Crippen LogP contribution in [0.5, 0.6) is 0 Å². The van der Waals surface area contributed by atoms with E-state index >= 15 is 0 Å². The van der Waals surface area contributed by atoms with Gasteiger partial charge in [0.05, 0.1) is 6.20 Å². The van der Waals surface area contributed by atoms with Gasteiger partial charge in [-0.25, -0.2) is 4.98 Å². The fraction of sp³-hybridized carbons (Fsp3) is 0.389. The summed E-state index contributed by atoms with van der Waals surface area (Å²) in [4.78, 5) is 31.7. The van der Waals surface area contributed by atoms with Gasteiger partial charge in [-0.05, 0) is 30.9 Å². The van der Waals surface area contributed by atoms with Gasteiger partial charge in [-0.1, -0.05) is 6.07 Å². The average molecular weight is 358 g/mol. The van der Waals surface area contributed by atoms with Crippen molar-refractivity contribution in [3.63, 3.8) is 0 Å². The molecule has 2 amide bonds. The van der Waals surface area contributed by atoms with E-state index in [9.17, 15) is 9.59 Å². The zero-order valence-electron chi connectivity index (χ0n) is 14.4. The third kappa shape index (κ3) is 3.99. The molecule has 0 bridgehead atoms. The Morgan fingerprint density at radius 2 is 2.36 bits per heavy atom. The van der Waals surface area contributed by atoms with Crippen LogP contribution in [-0.2, 0) is 17.8 Å². The van der Waals surface area contributed by atoms with E-state index in [1.807, 2.05) is 35.1 Å². The lowest BCUT2D eigenvalue weighted by Crippen LogP contribution is -2.41. The molecular formula is C18H22N4O2S. The van der Waals surface area contributed by atoms with Crippen molar-refractivity contribution in [2.75, 3.05) is 13.6 Å². The highest BCUT2D eigenvalue weighted by Crippen LogP contribution is 2.18. The smallest absolute Gasteiger partial charge is 0.271 e. The van der Waals surface area contributed by atoms with E-state index < -0.39 is 0 Å². The molecule has 6 nitrogen and oxygen atoms in total. The lowest BCUT2D eigenvalue weighted by molar-refractivity contribution is -0.117. The summed E-state index contributed by atoms with van der Waals surface area (Å²) in [5, 5.41) is 5.00. The number of thiophene rings is 1.